The highest BCUT2D eigenvalue weighted by molar-refractivity contribution is 5.87. The quantitative estimate of drug-likeness (QED) is 0.681. The van der Waals surface area contributed by atoms with Crippen LogP contribution in [0.1, 0.15) is 19.8 Å². The van der Waals surface area contributed by atoms with Crippen molar-refractivity contribution >= 4 is 18.3 Å². The largest absolute Gasteiger partial charge is 0.338 e. The number of carbonyl (C=O) groups excluding carboxylic acids is 1. The van der Waals surface area contributed by atoms with Gasteiger partial charge in [0.1, 0.15) is 0 Å². The molecule has 1 fully saturated rings. The number of nitrogens with two attached hydrogens (primary N) is 1. The molecule has 0 aromatic carbocycles. The molecule has 1 saturated heterocycles. The summed E-state index contributed by atoms with van der Waals surface area (Å²) >= 11 is 0. The predicted molar refractivity (Wildman–Crippen MR) is 55.9 cm³/mol. The molecule has 2 N–H and O–H groups in total. The molecule has 1 rings (SSSR count). The van der Waals surface area contributed by atoms with E-state index in [2.05, 4.69) is 0 Å². The average molecular weight is 205 g/mol. The molecule has 0 bridgehead atoms. The van der Waals surface area contributed by atoms with E-state index in [0.717, 1.165) is 19.4 Å². The zero-order valence-corrected chi connectivity index (χ0v) is 8.72. The summed E-state index contributed by atoms with van der Waals surface area (Å²) in [5.74, 6) is 0.102. The number of amides is 1. The van der Waals surface area contributed by atoms with Crippen LogP contribution in [0.25, 0.3) is 0 Å². The molecule has 4 heteroatoms. The fraction of sp³-hybridized carbons (Fsp3) is 0.667. The van der Waals surface area contributed by atoms with E-state index in [1.54, 1.807) is 11.0 Å². The van der Waals surface area contributed by atoms with Crippen molar-refractivity contribution in [3.8, 4) is 0 Å². The van der Waals surface area contributed by atoms with Crippen molar-refractivity contribution in [3.05, 3.63) is 12.2 Å². The standard InChI is InChI=1S/C9H16N2O.ClH/c1-2-3-4-9(12)11-6-5-8(10)7-11;/h3-4,8H,2,5-7,10H2,1H3;1H/b4-3+;/t8-;/m0./s1. The summed E-state index contributed by atoms with van der Waals surface area (Å²) in [6.45, 7) is 3.54. The second-order valence-electron chi connectivity index (χ2n) is 3.14. The Morgan fingerprint density at radius 1 is 1.69 bits per heavy atom. The van der Waals surface area contributed by atoms with E-state index < -0.39 is 0 Å². The Morgan fingerprint density at radius 2 is 2.38 bits per heavy atom. The second kappa shape index (κ2) is 6.00. The lowest BCUT2D eigenvalue weighted by atomic mass is 10.3. The van der Waals surface area contributed by atoms with Crippen molar-refractivity contribution in [2.45, 2.75) is 25.8 Å². The first-order valence-corrected chi connectivity index (χ1v) is 4.45. The molecule has 0 spiro atoms. The van der Waals surface area contributed by atoms with Gasteiger partial charge in [-0.2, -0.15) is 0 Å². The van der Waals surface area contributed by atoms with Crippen molar-refractivity contribution < 1.29 is 4.79 Å². The van der Waals surface area contributed by atoms with Gasteiger partial charge in [0.2, 0.25) is 5.91 Å². The Kier molecular flexibility index (Phi) is 5.75. The zero-order valence-electron chi connectivity index (χ0n) is 7.90. The molecular weight excluding hydrogens is 188 g/mol. The van der Waals surface area contributed by atoms with E-state index >= 15 is 0 Å². The van der Waals surface area contributed by atoms with Gasteiger partial charge in [0.25, 0.3) is 0 Å². The van der Waals surface area contributed by atoms with Crippen molar-refractivity contribution in [1.29, 1.82) is 0 Å². The first-order chi connectivity index (χ1) is 5.74. The number of likely N-dealkylation sites (tertiary alicyclic amines) is 1. The van der Waals surface area contributed by atoms with Gasteiger partial charge in [0.05, 0.1) is 0 Å². The van der Waals surface area contributed by atoms with Crippen LogP contribution in [-0.4, -0.2) is 29.9 Å². The van der Waals surface area contributed by atoms with Crippen LogP contribution in [0.3, 0.4) is 0 Å². The minimum Gasteiger partial charge on any atom is -0.338 e. The molecule has 1 aliphatic rings. The minimum absolute atomic E-state index is 0. The van der Waals surface area contributed by atoms with Crippen LogP contribution in [0.2, 0.25) is 0 Å². The molecule has 76 valence electrons. The Labute approximate surface area is 85.4 Å². The minimum atomic E-state index is 0. The molecule has 1 atom stereocenters. The SMILES string of the molecule is CC/C=C/C(=O)N1CC[C@H](N)C1.Cl. The highest BCUT2D eigenvalue weighted by Gasteiger charge is 2.21. The van der Waals surface area contributed by atoms with Crippen LogP contribution in [0, 0.1) is 0 Å². The summed E-state index contributed by atoms with van der Waals surface area (Å²) in [4.78, 5) is 13.1. The average Bonchev–Trinajstić information content (AvgIpc) is 2.47. The van der Waals surface area contributed by atoms with Gasteiger partial charge in [-0.05, 0) is 18.9 Å². The molecular formula is C9H17ClN2O. The fourth-order valence-electron chi connectivity index (χ4n) is 1.31. The van der Waals surface area contributed by atoms with Crippen molar-refractivity contribution in [3.63, 3.8) is 0 Å². The highest BCUT2D eigenvalue weighted by atomic mass is 35.5. The fourth-order valence-corrected chi connectivity index (χ4v) is 1.31. The monoisotopic (exact) mass is 204 g/mol. The maximum atomic E-state index is 11.3. The lowest BCUT2D eigenvalue weighted by molar-refractivity contribution is -0.125. The van der Waals surface area contributed by atoms with E-state index in [0.29, 0.717) is 6.54 Å². The Bertz CT molecular complexity index is 194. The highest BCUT2D eigenvalue weighted by Crippen LogP contribution is 2.07. The van der Waals surface area contributed by atoms with Gasteiger partial charge in [-0.1, -0.05) is 13.0 Å². The molecule has 1 heterocycles. The molecule has 0 unspecified atom stereocenters. The number of halogens is 1. The molecule has 1 amide bonds. The van der Waals surface area contributed by atoms with Crippen LogP contribution < -0.4 is 5.73 Å². The summed E-state index contributed by atoms with van der Waals surface area (Å²) in [5, 5.41) is 0. The van der Waals surface area contributed by atoms with Crippen molar-refractivity contribution in [2.24, 2.45) is 5.73 Å². The summed E-state index contributed by atoms with van der Waals surface area (Å²) in [7, 11) is 0. The molecule has 0 aromatic rings. The van der Waals surface area contributed by atoms with E-state index in [1.807, 2.05) is 13.0 Å². The molecule has 0 aliphatic carbocycles. The van der Waals surface area contributed by atoms with Crippen LogP contribution >= 0.6 is 12.4 Å². The van der Waals surface area contributed by atoms with Crippen molar-refractivity contribution in [2.75, 3.05) is 13.1 Å². The van der Waals surface area contributed by atoms with E-state index in [1.165, 1.54) is 0 Å². The van der Waals surface area contributed by atoms with E-state index in [-0.39, 0.29) is 24.4 Å². The number of hydrogen-bond donors (Lipinski definition) is 1. The maximum absolute atomic E-state index is 11.3. The summed E-state index contributed by atoms with van der Waals surface area (Å²) in [5.41, 5.74) is 5.67. The smallest absolute Gasteiger partial charge is 0.246 e. The van der Waals surface area contributed by atoms with Crippen LogP contribution in [0.15, 0.2) is 12.2 Å². The van der Waals surface area contributed by atoms with Gasteiger partial charge in [-0.3, -0.25) is 4.79 Å². The molecule has 3 nitrogen and oxygen atoms in total. The van der Waals surface area contributed by atoms with Gasteiger partial charge >= 0.3 is 0 Å². The molecule has 0 radical (unpaired) electrons. The normalized spacial score (nSPS) is 22.0. The first kappa shape index (κ1) is 12.5. The molecule has 0 aromatic heterocycles. The summed E-state index contributed by atoms with van der Waals surface area (Å²) < 4.78 is 0. The second-order valence-corrected chi connectivity index (χ2v) is 3.14. The van der Waals surface area contributed by atoms with E-state index in [4.69, 9.17) is 5.73 Å². The number of rotatable bonds is 2. The van der Waals surface area contributed by atoms with Gasteiger partial charge < -0.3 is 10.6 Å². The third kappa shape index (κ3) is 3.79. The van der Waals surface area contributed by atoms with Gasteiger partial charge in [-0.25, -0.2) is 0 Å². The van der Waals surface area contributed by atoms with Crippen LogP contribution in [0.4, 0.5) is 0 Å². The van der Waals surface area contributed by atoms with Gasteiger partial charge in [-0.15, -0.1) is 12.4 Å². The number of hydrogen-bond acceptors (Lipinski definition) is 2. The number of nitrogens with zero attached hydrogens (tertiary/aromatic N) is 1. The van der Waals surface area contributed by atoms with Crippen LogP contribution in [-0.2, 0) is 4.79 Å². The lowest BCUT2D eigenvalue weighted by Crippen LogP contribution is -2.30. The third-order valence-corrected chi connectivity index (χ3v) is 2.03. The zero-order chi connectivity index (χ0) is 8.97. The third-order valence-electron chi connectivity index (χ3n) is 2.03. The predicted octanol–water partition coefficient (Wildman–Crippen LogP) is 0.934. The molecule has 1 aliphatic heterocycles. The van der Waals surface area contributed by atoms with Crippen LogP contribution in [0.5, 0.6) is 0 Å². The number of carbonyl (C=O) groups is 1. The van der Waals surface area contributed by atoms with Gasteiger partial charge in [0.15, 0.2) is 0 Å². The van der Waals surface area contributed by atoms with Crippen molar-refractivity contribution in [1.82, 2.24) is 4.90 Å². The summed E-state index contributed by atoms with van der Waals surface area (Å²) in [6.07, 6.45) is 5.36. The van der Waals surface area contributed by atoms with Gasteiger partial charge in [0, 0.05) is 19.1 Å². The maximum Gasteiger partial charge on any atom is 0.246 e. The molecule has 0 saturated carbocycles. The van der Waals surface area contributed by atoms with E-state index in [9.17, 15) is 4.79 Å². The topological polar surface area (TPSA) is 46.3 Å². The Morgan fingerprint density at radius 3 is 2.85 bits per heavy atom. The summed E-state index contributed by atoms with van der Waals surface area (Å²) in [6, 6.07) is 0.184. The number of allylic oxidation sites excluding steroid dienone is 1. The Hall–Kier alpha value is -0.540. The first-order valence-electron chi connectivity index (χ1n) is 4.45. The lowest BCUT2D eigenvalue weighted by Gasteiger charge is -2.12. The molecule has 13 heavy (non-hydrogen) atoms. The Balaban J connectivity index is 0.00000144.